The molecule has 0 atom stereocenters. The SMILES string of the molecule is Brc1cncnc1N1CCc2c(ncn2C2CC2)C1. The number of aromatic nitrogens is 4. The average Bonchev–Trinajstić information content (AvgIpc) is 3.19. The Kier molecular flexibility index (Phi) is 2.58. The van der Waals surface area contributed by atoms with E-state index in [4.69, 9.17) is 0 Å². The standard InChI is InChI=1S/C13H14BrN5/c14-10-5-15-7-16-13(10)18-4-3-12-11(6-18)17-8-19(12)9-1-2-9/h5,7-9H,1-4,6H2. The van der Waals surface area contributed by atoms with E-state index in [9.17, 15) is 0 Å². The van der Waals surface area contributed by atoms with Gasteiger partial charge in [0.25, 0.3) is 0 Å². The Morgan fingerprint density at radius 3 is 2.95 bits per heavy atom. The van der Waals surface area contributed by atoms with Gasteiger partial charge in [-0.25, -0.2) is 15.0 Å². The Morgan fingerprint density at radius 2 is 2.16 bits per heavy atom. The van der Waals surface area contributed by atoms with E-state index in [1.807, 2.05) is 6.33 Å². The monoisotopic (exact) mass is 319 g/mol. The summed E-state index contributed by atoms with van der Waals surface area (Å²) in [5.74, 6) is 0.960. The van der Waals surface area contributed by atoms with Gasteiger partial charge >= 0.3 is 0 Å². The lowest BCUT2D eigenvalue weighted by Gasteiger charge is -2.28. The minimum absolute atomic E-state index is 0.716. The van der Waals surface area contributed by atoms with E-state index in [2.05, 4.69) is 40.3 Å². The average molecular weight is 320 g/mol. The number of rotatable bonds is 2. The quantitative estimate of drug-likeness (QED) is 0.852. The summed E-state index contributed by atoms with van der Waals surface area (Å²) in [6.07, 6.45) is 9.07. The summed E-state index contributed by atoms with van der Waals surface area (Å²) in [6, 6.07) is 0.716. The molecule has 0 N–H and O–H groups in total. The highest BCUT2D eigenvalue weighted by Gasteiger charge is 2.30. The third-order valence-electron chi connectivity index (χ3n) is 3.83. The van der Waals surface area contributed by atoms with Gasteiger partial charge < -0.3 is 9.47 Å². The molecule has 0 aromatic carbocycles. The lowest BCUT2D eigenvalue weighted by Crippen LogP contribution is -2.32. The predicted molar refractivity (Wildman–Crippen MR) is 75.0 cm³/mol. The first kappa shape index (κ1) is 11.4. The largest absolute Gasteiger partial charge is 0.349 e. The normalized spacial score (nSPS) is 18.5. The van der Waals surface area contributed by atoms with E-state index in [0.717, 1.165) is 29.8 Å². The third-order valence-corrected chi connectivity index (χ3v) is 4.39. The molecule has 0 radical (unpaired) electrons. The van der Waals surface area contributed by atoms with Gasteiger partial charge in [-0.2, -0.15) is 0 Å². The van der Waals surface area contributed by atoms with Crippen LogP contribution in [0, 0.1) is 0 Å². The molecular formula is C13H14BrN5. The predicted octanol–water partition coefficient (Wildman–Crippen LogP) is 2.33. The highest BCUT2D eigenvalue weighted by molar-refractivity contribution is 9.10. The molecule has 6 heteroatoms. The van der Waals surface area contributed by atoms with Crippen LogP contribution in [0.1, 0.15) is 30.3 Å². The van der Waals surface area contributed by atoms with Gasteiger partial charge in [-0.1, -0.05) is 0 Å². The highest BCUT2D eigenvalue weighted by atomic mass is 79.9. The minimum atomic E-state index is 0.716. The number of hydrogen-bond donors (Lipinski definition) is 0. The summed E-state index contributed by atoms with van der Waals surface area (Å²) in [4.78, 5) is 15.2. The van der Waals surface area contributed by atoms with Crippen molar-refractivity contribution in [3.63, 3.8) is 0 Å². The fraction of sp³-hybridized carbons (Fsp3) is 0.462. The van der Waals surface area contributed by atoms with Crippen molar-refractivity contribution in [3.05, 3.63) is 34.7 Å². The van der Waals surface area contributed by atoms with E-state index < -0.39 is 0 Å². The summed E-state index contributed by atoms with van der Waals surface area (Å²) in [5.41, 5.74) is 2.62. The van der Waals surface area contributed by atoms with Gasteiger partial charge in [0, 0.05) is 30.9 Å². The molecule has 1 saturated carbocycles. The Bertz CT molecular complexity index is 619. The number of hydrogen-bond acceptors (Lipinski definition) is 4. The van der Waals surface area contributed by atoms with Gasteiger partial charge in [0.05, 0.1) is 23.0 Å². The van der Waals surface area contributed by atoms with Crippen molar-refractivity contribution >= 4 is 21.7 Å². The van der Waals surface area contributed by atoms with Gasteiger partial charge in [-0.05, 0) is 28.8 Å². The molecule has 5 nitrogen and oxygen atoms in total. The van der Waals surface area contributed by atoms with Gasteiger partial charge in [-0.3, -0.25) is 0 Å². The maximum Gasteiger partial charge on any atom is 0.146 e. The van der Waals surface area contributed by atoms with Crippen molar-refractivity contribution in [2.45, 2.75) is 31.8 Å². The molecule has 0 unspecified atom stereocenters. The summed E-state index contributed by atoms with van der Waals surface area (Å²) in [7, 11) is 0. The second-order valence-electron chi connectivity index (χ2n) is 5.14. The molecule has 19 heavy (non-hydrogen) atoms. The van der Waals surface area contributed by atoms with E-state index in [1.165, 1.54) is 24.2 Å². The zero-order chi connectivity index (χ0) is 12.8. The molecule has 4 rings (SSSR count). The van der Waals surface area contributed by atoms with Crippen LogP contribution >= 0.6 is 15.9 Å². The number of anilines is 1. The number of halogens is 1. The smallest absolute Gasteiger partial charge is 0.146 e. The molecule has 2 aliphatic rings. The van der Waals surface area contributed by atoms with Gasteiger partial charge in [0.2, 0.25) is 0 Å². The van der Waals surface area contributed by atoms with Crippen molar-refractivity contribution < 1.29 is 0 Å². The molecule has 1 aliphatic heterocycles. The zero-order valence-corrected chi connectivity index (χ0v) is 12.0. The van der Waals surface area contributed by atoms with Crippen LogP contribution in [0.5, 0.6) is 0 Å². The van der Waals surface area contributed by atoms with Crippen molar-refractivity contribution in [2.75, 3.05) is 11.4 Å². The van der Waals surface area contributed by atoms with Crippen molar-refractivity contribution in [1.29, 1.82) is 0 Å². The van der Waals surface area contributed by atoms with E-state index in [-0.39, 0.29) is 0 Å². The van der Waals surface area contributed by atoms with Crippen LogP contribution in [0.15, 0.2) is 23.3 Å². The Labute approximate surface area is 119 Å². The van der Waals surface area contributed by atoms with Crippen molar-refractivity contribution in [1.82, 2.24) is 19.5 Å². The number of fused-ring (bicyclic) bond motifs is 1. The third kappa shape index (κ3) is 1.94. The summed E-state index contributed by atoms with van der Waals surface area (Å²) >= 11 is 3.52. The molecule has 0 spiro atoms. The summed E-state index contributed by atoms with van der Waals surface area (Å²) < 4.78 is 3.32. The molecule has 3 heterocycles. The van der Waals surface area contributed by atoms with Crippen molar-refractivity contribution in [3.8, 4) is 0 Å². The number of nitrogens with zero attached hydrogens (tertiary/aromatic N) is 5. The molecule has 1 aliphatic carbocycles. The molecule has 0 saturated heterocycles. The lowest BCUT2D eigenvalue weighted by atomic mass is 10.1. The van der Waals surface area contributed by atoms with E-state index >= 15 is 0 Å². The fourth-order valence-corrected chi connectivity index (χ4v) is 3.19. The molecule has 98 valence electrons. The first-order valence-corrected chi connectivity index (χ1v) is 7.37. The molecule has 0 bridgehead atoms. The molecule has 2 aromatic rings. The van der Waals surface area contributed by atoms with Crippen LogP contribution in [0.25, 0.3) is 0 Å². The minimum Gasteiger partial charge on any atom is -0.349 e. The lowest BCUT2D eigenvalue weighted by molar-refractivity contribution is 0.637. The molecule has 2 aromatic heterocycles. The highest BCUT2D eigenvalue weighted by Crippen LogP contribution is 2.38. The van der Waals surface area contributed by atoms with Gasteiger partial charge in [0.1, 0.15) is 12.1 Å². The zero-order valence-electron chi connectivity index (χ0n) is 10.5. The molecule has 1 fully saturated rings. The van der Waals surface area contributed by atoms with Crippen LogP contribution in [-0.2, 0) is 13.0 Å². The first-order valence-electron chi connectivity index (χ1n) is 6.58. The van der Waals surface area contributed by atoms with Crippen LogP contribution in [0.4, 0.5) is 5.82 Å². The second kappa shape index (κ2) is 4.30. The van der Waals surface area contributed by atoms with Crippen LogP contribution < -0.4 is 4.90 Å². The second-order valence-corrected chi connectivity index (χ2v) is 6.00. The Morgan fingerprint density at radius 1 is 1.26 bits per heavy atom. The van der Waals surface area contributed by atoms with Crippen LogP contribution in [-0.4, -0.2) is 26.1 Å². The van der Waals surface area contributed by atoms with Crippen molar-refractivity contribution in [2.24, 2.45) is 0 Å². The molecular weight excluding hydrogens is 306 g/mol. The fourth-order valence-electron chi connectivity index (χ4n) is 2.72. The maximum absolute atomic E-state index is 4.59. The topological polar surface area (TPSA) is 46.8 Å². The molecule has 0 amide bonds. The van der Waals surface area contributed by atoms with Gasteiger partial charge in [-0.15, -0.1) is 0 Å². The maximum atomic E-state index is 4.59. The summed E-state index contributed by atoms with van der Waals surface area (Å²) in [6.45, 7) is 1.83. The van der Waals surface area contributed by atoms with Crippen LogP contribution in [0.3, 0.4) is 0 Å². The first-order chi connectivity index (χ1) is 9.33. The number of imidazole rings is 1. The Hall–Kier alpha value is -1.43. The van der Waals surface area contributed by atoms with E-state index in [1.54, 1.807) is 12.5 Å². The van der Waals surface area contributed by atoms with E-state index in [0.29, 0.717) is 6.04 Å². The Balaban J connectivity index is 1.64. The van der Waals surface area contributed by atoms with Crippen LogP contribution in [0.2, 0.25) is 0 Å². The summed E-state index contributed by atoms with van der Waals surface area (Å²) in [5, 5.41) is 0. The van der Waals surface area contributed by atoms with Gasteiger partial charge in [0.15, 0.2) is 0 Å².